The average molecular weight is 240 g/mol. The number of likely N-dealkylation sites (tertiary alicyclic amines) is 1. The van der Waals surface area contributed by atoms with Gasteiger partial charge in [0.15, 0.2) is 0 Å². The van der Waals surface area contributed by atoms with Gasteiger partial charge in [-0.05, 0) is 37.6 Å². The first-order valence-corrected chi connectivity index (χ1v) is 7.13. The molecule has 0 aromatic rings. The summed E-state index contributed by atoms with van der Waals surface area (Å²) in [6.45, 7) is 10.4. The van der Waals surface area contributed by atoms with E-state index in [-0.39, 0.29) is 0 Å². The van der Waals surface area contributed by atoms with Gasteiger partial charge in [-0.1, -0.05) is 20.8 Å². The van der Waals surface area contributed by atoms with Crippen molar-refractivity contribution < 1.29 is 4.79 Å². The summed E-state index contributed by atoms with van der Waals surface area (Å²) in [7, 11) is 0. The molecule has 1 rings (SSSR count). The monoisotopic (exact) mass is 240 g/mol. The molecule has 0 aromatic heterocycles. The van der Waals surface area contributed by atoms with Crippen LogP contribution >= 0.6 is 0 Å². The SMILES string of the molecule is CCNCCC(=O)N1CCCC(C(C)C)CC1. The maximum atomic E-state index is 12.0. The largest absolute Gasteiger partial charge is 0.343 e. The van der Waals surface area contributed by atoms with Gasteiger partial charge < -0.3 is 10.2 Å². The zero-order valence-corrected chi connectivity index (χ0v) is 11.7. The van der Waals surface area contributed by atoms with Crippen molar-refractivity contribution in [2.45, 2.75) is 46.5 Å². The van der Waals surface area contributed by atoms with Gasteiger partial charge in [0.25, 0.3) is 0 Å². The first-order valence-electron chi connectivity index (χ1n) is 7.13. The minimum atomic E-state index is 0.329. The fourth-order valence-electron chi connectivity index (χ4n) is 2.57. The average Bonchev–Trinajstić information content (AvgIpc) is 2.54. The van der Waals surface area contributed by atoms with Gasteiger partial charge in [-0.2, -0.15) is 0 Å². The second-order valence-electron chi connectivity index (χ2n) is 5.42. The van der Waals surface area contributed by atoms with Gasteiger partial charge in [0.2, 0.25) is 5.91 Å². The number of hydrogen-bond acceptors (Lipinski definition) is 2. The zero-order chi connectivity index (χ0) is 12.7. The van der Waals surface area contributed by atoms with Gasteiger partial charge >= 0.3 is 0 Å². The highest BCUT2D eigenvalue weighted by molar-refractivity contribution is 5.76. The Hall–Kier alpha value is -0.570. The molecule has 1 fully saturated rings. The van der Waals surface area contributed by atoms with Gasteiger partial charge in [0.1, 0.15) is 0 Å². The highest BCUT2D eigenvalue weighted by Gasteiger charge is 2.21. The lowest BCUT2D eigenvalue weighted by Crippen LogP contribution is -2.34. The molecule has 3 nitrogen and oxygen atoms in total. The van der Waals surface area contributed by atoms with E-state index in [1.807, 2.05) is 0 Å². The van der Waals surface area contributed by atoms with Crippen LogP contribution in [0.25, 0.3) is 0 Å². The smallest absolute Gasteiger partial charge is 0.223 e. The van der Waals surface area contributed by atoms with Crippen LogP contribution in [0.5, 0.6) is 0 Å². The van der Waals surface area contributed by atoms with E-state index in [2.05, 4.69) is 31.0 Å². The molecule has 0 radical (unpaired) electrons. The van der Waals surface area contributed by atoms with E-state index < -0.39 is 0 Å². The van der Waals surface area contributed by atoms with E-state index in [0.717, 1.165) is 38.0 Å². The molecule has 0 aromatic carbocycles. The molecule has 0 saturated carbocycles. The summed E-state index contributed by atoms with van der Waals surface area (Å²) in [4.78, 5) is 14.1. The maximum Gasteiger partial charge on any atom is 0.223 e. The van der Waals surface area contributed by atoms with Crippen LogP contribution in [0.1, 0.15) is 46.5 Å². The first kappa shape index (κ1) is 14.5. The van der Waals surface area contributed by atoms with E-state index >= 15 is 0 Å². The van der Waals surface area contributed by atoms with Crippen molar-refractivity contribution >= 4 is 5.91 Å². The quantitative estimate of drug-likeness (QED) is 0.748. The van der Waals surface area contributed by atoms with Crippen molar-refractivity contribution in [3.05, 3.63) is 0 Å². The van der Waals surface area contributed by atoms with E-state index in [1.165, 1.54) is 19.3 Å². The zero-order valence-electron chi connectivity index (χ0n) is 11.7. The third-order valence-electron chi connectivity index (χ3n) is 3.83. The van der Waals surface area contributed by atoms with Crippen molar-refractivity contribution in [2.24, 2.45) is 11.8 Å². The van der Waals surface area contributed by atoms with Crippen LogP contribution in [-0.4, -0.2) is 37.0 Å². The van der Waals surface area contributed by atoms with Crippen molar-refractivity contribution in [1.82, 2.24) is 10.2 Å². The molecule has 0 aliphatic carbocycles. The number of rotatable bonds is 5. The molecule has 1 saturated heterocycles. The predicted molar refractivity (Wildman–Crippen MR) is 71.9 cm³/mol. The van der Waals surface area contributed by atoms with Crippen molar-refractivity contribution in [3.63, 3.8) is 0 Å². The number of nitrogens with one attached hydrogen (secondary N) is 1. The lowest BCUT2D eigenvalue weighted by molar-refractivity contribution is -0.131. The van der Waals surface area contributed by atoms with E-state index in [4.69, 9.17) is 0 Å². The molecule has 0 spiro atoms. The van der Waals surface area contributed by atoms with Crippen LogP contribution in [0.3, 0.4) is 0 Å². The molecule has 1 aliphatic rings. The Labute approximate surface area is 106 Å². The Morgan fingerprint density at radius 3 is 2.76 bits per heavy atom. The molecule has 1 N–H and O–H groups in total. The molecule has 1 amide bonds. The van der Waals surface area contributed by atoms with Crippen LogP contribution in [0.4, 0.5) is 0 Å². The Morgan fingerprint density at radius 2 is 2.12 bits per heavy atom. The van der Waals surface area contributed by atoms with Crippen molar-refractivity contribution in [1.29, 1.82) is 0 Å². The van der Waals surface area contributed by atoms with Gasteiger partial charge in [-0.3, -0.25) is 4.79 Å². The Bertz CT molecular complexity index is 228. The fraction of sp³-hybridized carbons (Fsp3) is 0.929. The van der Waals surface area contributed by atoms with E-state index in [1.54, 1.807) is 0 Å². The normalized spacial score (nSPS) is 21.6. The molecular formula is C14H28N2O. The van der Waals surface area contributed by atoms with E-state index in [9.17, 15) is 4.79 Å². The summed E-state index contributed by atoms with van der Waals surface area (Å²) in [5.74, 6) is 1.89. The minimum absolute atomic E-state index is 0.329. The van der Waals surface area contributed by atoms with Crippen LogP contribution in [0.2, 0.25) is 0 Å². The highest BCUT2D eigenvalue weighted by Crippen LogP contribution is 2.24. The van der Waals surface area contributed by atoms with Gasteiger partial charge in [-0.25, -0.2) is 0 Å². The summed E-state index contributed by atoms with van der Waals surface area (Å²) in [5, 5.41) is 3.21. The number of amides is 1. The first-order chi connectivity index (χ1) is 8.15. The molecule has 1 unspecified atom stereocenters. The van der Waals surface area contributed by atoms with Gasteiger partial charge in [0, 0.05) is 26.1 Å². The molecule has 100 valence electrons. The van der Waals surface area contributed by atoms with Crippen LogP contribution in [0, 0.1) is 11.8 Å². The molecule has 1 aliphatic heterocycles. The Kier molecular flexibility index (Phi) is 6.56. The Balaban J connectivity index is 2.32. The third-order valence-corrected chi connectivity index (χ3v) is 3.83. The number of carbonyl (C=O) groups is 1. The summed E-state index contributed by atoms with van der Waals surface area (Å²) in [6.07, 6.45) is 4.30. The highest BCUT2D eigenvalue weighted by atomic mass is 16.2. The lowest BCUT2D eigenvalue weighted by atomic mass is 9.89. The van der Waals surface area contributed by atoms with Crippen molar-refractivity contribution in [3.8, 4) is 0 Å². The molecule has 1 atom stereocenters. The van der Waals surface area contributed by atoms with Crippen molar-refractivity contribution in [2.75, 3.05) is 26.2 Å². The van der Waals surface area contributed by atoms with Crippen LogP contribution in [-0.2, 0) is 4.79 Å². The predicted octanol–water partition coefficient (Wildman–Crippen LogP) is 2.27. The third kappa shape index (κ3) is 5.07. The summed E-state index contributed by atoms with van der Waals surface area (Å²) >= 11 is 0. The van der Waals surface area contributed by atoms with E-state index in [0.29, 0.717) is 12.3 Å². The molecular weight excluding hydrogens is 212 g/mol. The topological polar surface area (TPSA) is 32.3 Å². The lowest BCUT2D eigenvalue weighted by Gasteiger charge is -2.21. The van der Waals surface area contributed by atoms with Crippen LogP contribution in [0.15, 0.2) is 0 Å². The number of carbonyl (C=O) groups excluding carboxylic acids is 1. The second-order valence-corrected chi connectivity index (χ2v) is 5.42. The Morgan fingerprint density at radius 1 is 1.35 bits per heavy atom. The summed E-state index contributed by atoms with van der Waals surface area (Å²) < 4.78 is 0. The van der Waals surface area contributed by atoms with Gasteiger partial charge in [-0.15, -0.1) is 0 Å². The number of hydrogen-bond donors (Lipinski definition) is 1. The molecule has 3 heteroatoms. The molecule has 0 bridgehead atoms. The molecule has 17 heavy (non-hydrogen) atoms. The fourth-order valence-corrected chi connectivity index (χ4v) is 2.57. The summed E-state index contributed by atoms with van der Waals surface area (Å²) in [5.41, 5.74) is 0. The summed E-state index contributed by atoms with van der Waals surface area (Å²) in [6, 6.07) is 0. The standard InChI is InChI=1S/C14H28N2O/c1-4-15-9-7-14(17)16-10-5-6-13(8-11-16)12(2)3/h12-13,15H,4-11H2,1-3H3. The second kappa shape index (κ2) is 7.70. The van der Waals surface area contributed by atoms with Gasteiger partial charge in [0.05, 0.1) is 0 Å². The maximum absolute atomic E-state index is 12.0. The number of nitrogens with zero attached hydrogens (tertiary/aromatic N) is 1. The van der Waals surface area contributed by atoms with Crippen LogP contribution < -0.4 is 5.32 Å². The molecule has 1 heterocycles. The minimum Gasteiger partial charge on any atom is -0.343 e.